The molecule has 2 heterocycles. The van der Waals surface area contributed by atoms with Crippen molar-refractivity contribution in [2.24, 2.45) is 5.73 Å². The average Bonchev–Trinajstić information content (AvgIpc) is 2.53. The van der Waals surface area contributed by atoms with Gasteiger partial charge >= 0.3 is 0 Å². The summed E-state index contributed by atoms with van der Waals surface area (Å²) < 4.78 is 0. The summed E-state index contributed by atoms with van der Waals surface area (Å²) in [5, 5.41) is 1.21. The van der Waals surface area contributed by atoms with Gasteiger partial charge in [-0.25, -0.2) is 0 Å². The highest BCUT2D eigenvalue weighted by Gasteiger charge is 2.17. The zero-order chi connectivity index (χ0) is 13.8. The van der Waals surface area contributed by atoms with Crippen LogP contribution in [-0.2, 0) is 0 Å². The van der Waals surface area contributed by atoms with Crippen molar-refractivity contribution < 1.29 is 0 Å². The molecule has 1 unspecified atom stereocenters. The lowest BCUT2D eigenvalue weighted by Gasteiger charge is -2.30. The summed E-state index contributed by atoms with van der Waals surface area (Å²) in [6.07, 6.45) is 5.89. The van der Waals surface area contributed by atoms with Crippen LogP contribution in [0.1, 0.15) is 30.7 Å². The minimum absolute atomic E-state index is 0.428. The first-order chi connectivity index (χ1) is 9.86. The fourth-order valence-corrected chi connectivity index (χ4v) is 3.12. The van der Waals surface area contributed by atoms with E-state index in [0.717, 1.165) is 12.1 Å². The zero-order valence-electron chi connectivity index (χ0n) is 12.0. The highest BCUT2D eigenvalue weighted by molar-refractivity contribution is 5.79. The Labute approximate surface area is 120 Å². The monoisotopic (exact) mass is 269 g/mol. The van der Waals surface area contributed by atoms with Gasteiger partial charge in [0.1, 0.15) is 0 Å². The van der Waals surface area contributed by atoms with Crippen LogP contribution in [0, 0.1) is 0 Å². The highest BCUT2D eigenvalue weighted by atomic mass is 15.1. The van der Waals surface area contributed by atoms with Crippen LogP contribution in [-0.4, -0.2) is 36.1 Å². The Hall–Kier alpha value is -1.45. The topological polar surface area (TPSA) is 42.1 Å². The minimum Gasteiger partial charge on any atom is -0.330 e. The lowest BCUT2D eigenvalue weighted by Crippen LogP contribution is -2.35. The molecule has 1 aliphatic heterocycles. The smallest absolute Gasteiger partial charge is 0.0702 e. The Morgan fingerprint density at radius 1 is 1.15 bits per heavy atom. The molecule has 1 atom stereocenters. The molecule has 0 spiro atoms. The summed E-state index contributed by atoms with van der Waals surface area (Å²) in [6.45, 7) is 4.25. The first-order valence-corrected chi connectivity index (χ1v) is 7.64. The number of nitrogens with two attached hydrogens (primary N) is 1. The predicted molar refractivity (Wildman–Crippen MR) is 83.8 cm³/mol. The second kappa shape index (κ2) is 6.33. The van der Waals surface area contributed by atoms with Crippen LogP contribution < -0.4 is 5.73 Å². The van der Waals surface area contributed by atoms with Crippen molar-refractivity contribution in [1.82, 2.24) is 9.88 Å². The SMILES string of the molecule is NCC(CN1CCCCC1)c1ccc2ncccc2c1. The fourth-order valence-electron chi connectivity index (χ4n) is 3.12. The summed E-state index contributed by atoms with van der Waals surface area (Å²) in [5.74, 6) is 0.428. The molecule has 1 saturated heterocycles. The van der Waals surface area contributed by atoms with Crippen molar-refractivity contribution >= 4 is 10.9 Å². The molecule has 3 heteroatoms. The summed E-state index contributed by atoms with van der Waals surface area (Å²) in [7, 11) is 0. The molecule has 0 amide bonds. The summed E-state index contributed by atoms with van der Waals surface area (Å²) >= 11 is 0. The van der Waals surface area contributed by atoms with E-state index in [1.165, 1.54) is 43.3 Å². The first kappa shape index (κ1) is 13.5. The molecule has 1 aliphatic rings. The fraction of sp³-hybridized carbons (Fsp3) is 0.471. The molecule has 0 bridgehead atoms. The zero-order valence-corrected chi connectivity index (χ0v) is 12.0. The number of pyridine rings is 1. The number of aromatic nitrogens is 1. The van der Waals surface area contributed by atoms with E-state index in [4.69, 9.17) is 5.73 Å². The maximum absolute atomic E-state index is 6.02. The Bertz CT molecular complexity index is 561. The standard InChI is InChI=1S/C17H23N3/c18-12-16(13-20-9-2-1-3-10-20)14-6-7-17-15(11-14)5-4-8-19-17/h4-8,11,16H,1-3,9-10,12-13,18H2. The van der Waals surface area contributed by atoms with Gasteiger partial charge < -0.3 is 10.6 Å². The molecule has 0 aliphatic carbocycles. The van der Waals surface area contributed by atoms with E-state index in [1.54, 1.807) is 0 Å². The molecule has 3 nitrogen and oxygen atoms in total. The van der Waals surface area contributed by atoms with Crippen LogP contribution in [0.4, 0.5) is 0 Å². The molecule has 1 aromatic heterocycles. The second-order valence-corrected chi connectivity index (χ2v) is 5.75. The third kappa shape index (κ3) is 3.00. The summed E-state index contributed by atoms with van der Waals surface area (Å²) in [5.41, 5.74) is 8.43. The Balaban J connectivity index is 1.79. The molecule has 1 fully saturated rings. The number of hydrogen-bond acceptors (Lipinski definition) is 3. The maximum atomic E-state index is 6.02. The van der Waals surface area contributed by atoms with E-state index in [9.17, 15) is 0 Å². The van der Waals surface area contributed by atoms with Crippen LogP contribution in [0.15, 0.2) is 36.5 Å². The predicted octanol–water partition coefficient (Wildman–Crippen LogP) is 2.76. The van der Waals surface area contributed by atoms with Gasteiger partial charge in [-0.3, -0.25) is 4.98 Å². The molecule has 0 saturated carbocycles. The lowest BCUT2D eigenvalue weighted by atomic mass is 9.96. The molecular formula is C17H23N3. The first-order valence-electron chi connectivity index (χ1n) is 7.64. The molecule has 3 rings (SSSR count). The number of rotatable bonds is 4. The van der Waals surface area contributed by atoms with E-state index in [2.05, 4.69) is 34.1 Å². The van der Waals surface area contributed by atoms with Gasteiger partial charge in [0.25, 0.3) is 0 Å². The van der Waals surface area contributed by atoms with Gasteiger partial charge in [0.2, 0.25) is 0 Å². The number of nitrogens with zero attached hydrogens (tertiary/aromatic N) is 2. The van der Waals surface area contributed by atoms with Crippen molar-refractivity contribution in [3.05, 3.63) is 42.1 Å². The quantitative estimate of drug-likeness (QED) is 0.928. The normalized spacial score (nSPS) is 18.2. The maximum Gasteiger partial charge on any atom is 0.0702 e. The van der Waals surface area contributed by atoms with Gasteiger partial charge in [-0.2, -0.15) is 0 Å². The van der Waals surface area contributed by atoms with Gasteiger partial charge in [-0.1, -0.05) is 18.6 Å². The average molecular weight is 269 g/mol. The van der Waals surface area contributed by atoms with Crippen molar-refractivity contribution in [1.29, 1.82) is 0 Å². The van der Waals surface area contributed by atoms with E-state index < -0.39 is 0 Å². The van der Waals surface area contributed by atoms with Crippen molar-refractivity contribution in [3.63, 3.8) is 0 Å². The number of benzene rings is 1. The Kier molecular flexibility index (Phi) is 4.28. The van der Waals surface area contributed by atoms with Crippen LogP contribution in [0.2, 0.25) is 0 Å². The number of piperidine rings is 1. The number of likely N-dealkylation sites (tertiary alicyclic amines) is 1. The van der Waals surface area contributed by atoms with Crippen molar-refractivity contribution in [2.45, 2.75) is 25.2 Å². The summed E-state index contributed by atoms with van der Waals surface area (Å²) in [6, 6.07) is 10.7. The molecule has 106 valence electrons. The lowest BCUT2D eigenvalue weighted by molar-refractivity contribution is 0.216. The molecular weight excluding hydrogens is 246 g/mol. The third-order valence-corrected chi connectivity index (χ3v) is 4.31. The molecule has 1 aromatic carbocycles. The van der Waals surface area contributed by atoms with Crippen LogP contribution >= 0.6 is 0 Å². The largest absolute Gasteiger partial charge is 0.330 e. The van der Waals surface area contributed by atoms with Crippen LogP contribution in [0.25, 0.3) is 10.9 Å². The minimum atomic E-state index is 0.428. The molecule has 2 aromatic rings. The van der Waals surface area contributed by atoms with Crippen LogP contribution in [0.5, 0.6) is 0 Å². The second-order valence-electron chi connectivity index (χ2n) is 5.75. The van der Waals surface area contributed by atoms with E-state index in [-0.39, 0.29) is 0 Å². The van der Waals surface area contributed by atoms with Gasteiger partial charge in [-0.15, -0.1) is 0 Å². The number of hydrogen-bond donors (Lipinski definition) is 1. The summed E-state index contributed by atoms with van der Waals surface area (Å²) in [4.78, 5) is 6.95. The van der Waals surface area contributed by atoms with Gasteiger partial charge in [-0.05, 0) is 49.7 Å². The highest BCUT2D eigenvalue weighted by Crippen LogP contribution is 2.22. The van der Waals surface area contributed by atoms with Crippen molar-refractivity contribution in [2.75, 3.05) is 26.2 Å². The van der Waals surface area contributed by atoms with E-state index in [1.807, 2.05) is 12.3 Å². The van der Waals surface area contributed by atoms with Crippen LogP contribution in [0.3, 0.4) is 0 Å². The molecule has 20 heavy (non-hydrogen) atoms. The van der Waals surface area contributed by atoms with Gasteiger partial charge in [0.15, 0.2) is 0 Å². The van der Waals surface area contributed by atoms with E-state index in [0.29, 0.717) is 12.5 Å². The van der Waals surface area contributed by atoms with Gasteiger partial charge in [0, 0.05) is 30.6 Å². The van der Waals surface area contributed by atoms with Gasteiger partial charge in [0.05, 0.1) is 5.52 Å². The molecule has 2 N–H and O–H groups in total. The third-order valence-electron chi connectivity index (χ3n) is 4.31. The Morgan fingerprint density at radius 3 is 2.80 bits per heavy atom. The molecule has 0 radical (unpaired) electrons. The van der Waals surface area contributed by atoms with Crippen molar-refractivity contribution in [3.8, 4) is 0 Å². The van der Waals surface area contributed by atoms with E-state index >= 15 is 0 Å². The Morgan fingerprint density at radius 2 is 2.00 bits per heavy atom. The number of fused-ring (bicyclic) bond motifs is 1.